The van der Waals surface area contributed by atoms with E-state index < -0.39 is 10.0 Å². The monoisotopic (exact) mass is 257 g/mol. The third-order valence-corrected chi connectivity index (χ3v) is 4.13. The van der Waals surface area contributed by atoms with E-state index in [-0.39, 0.29) is 19.1 Å². The highest BCUT2D eigenvalue weighted by atomic mass is 32.2. The lowest BCUT2D eigenvalue weighted by molar-refractivity contribution is 0.238. The summed E-state index contributed by atoms with van der Waals surface area (Å²) in [7, 11) is -3.48. The lowest BCUT2D eigenvalue weighted by atomic mass is 10.2. The molecule has 0 aliphatic carbocycles. The van der Waals surface area contributed by atoms with Crippen molar-refractivity contribution in [3.63, 3.8) is 0 Å². The van der Waals surface area contributed by atoms with E-state index in [9.17, 15) is 8.42 Å². The number of hydrogen-bond acceptors (Lipinski definition) is 3. The maximum Gasteiger partial charge on any atom is 0.240 e. The van der Waals surface area contributed by atoms with E-state index >= 15 is 0 Å². The molecule has 1 aromatic carbocycles. The van der Waals surface area contributed by atoms with Crippen molar-refractivity contribution < 1.29 is 13.5 Å². The Morgan fingerprint density at radius 3 is 2.59 bits per heavy atom. The smallest absolute Gasteiger partial charge is 0.240 e. The molecule has 0 saturated heterocycles. The van der Waals surface area contributed by atoms with Crippen LogP contribution in [-0.2, 0) is 10.0 Å². The molecule has 0 aliphatic heterocycles. The Morgan fingerprint density at radius 1 is 1.35 bits per heavy atom. The Balaban J connectivity index is 2.93. The molecule has 0 radical (unpaired) electrons. The minimum atomic E-state index is -3.48. The standard InChI is InChI=1S/C12H19NO3S/c1-9-4-5-11(3)12(6-9)17(15,16)13-7-10(2)8-14/h4-6,10,13-14H,7-8H2,1-3H3. The van der Waals surface area contributed by atoms with Gasteiger partial charge in [-0.25, -0.2) is 13.1 Å². The van der Waals surface area contributed by atoms with E-state index in [1.54, 1.807) is 26.0 Å². The molecule has 0 fully saturated rings. The van der Waals surface area contributed by atoms with Crippen molar-refractivity contribution in [2.45, 2.75) is 25.7 Å². The average Bonchev–Trinajstić information content (AvgIpc) is 2.29. The first-order chi connectivity index (χ1) is 7.86. The number of sulfonamides is 1. The molecule has 1 atom stereocenters. The van der Waals surface area contributed by atoms with Gasteiger partial charge in [-0.15, -0.1) is 0 Å². The van der Waals surface area contributed by atoms with Gasteiger partial charge in [-0.1, -0.05) is 19.1 Å². The van der Waals surface area contributed by atoms with Crippen molar-refractivity contribution in [3.05, 3.63) is 29.3 Å². The summed E-state index contributed by atoms with van der Waals surface area (Å²) >= 11 is 0. The first-order valence-corrected chi connectivity index (χ1v) is 7.03. The predicted octanol–water partition coefficient (Wildman–Crippen LogP) is 1.21. The maximum atomic E-state index is 12.0. The number of aryl methyl sites for hydroxylation is 2. The lowest BCUT2D eigenvalue weighted by Gasteiger charge is -2.12. The third-order valence-electron chi connectivity index (χ3n) is 2.57. The zero-order valence-electron chi connectivity index (χ0n) is 10.4. The second-order valence-corrected chi connectivity index (χ2v) is 6.14. The van der Waals surface area contributed by atoms with E-state index in [1.165, 1.54) is 0 Å². The van der Waals surface area contributed by atoms with Gasteiger partial charge in [-0.3, -0.25) is 0 Å². The van der Waals surface area contributed by atoms with Gasteiger partial charge in [0.2, 0.25) is 10.0 Å². The molecule has 0 amide bonds. The molecule has 96 valence electrons. The number of aliphatic hydroxyl groups excluding tert-OH is 1. The summed E-state index contributed by atoms with van der Waals surface area (Å²) in [5.41, 5.74) is 1.63. The normalized spacial score (nSPS) is 13.6. The second-order valence-electron chi connectivity index (χ2n) is 4.41. The Kier molecular flexibility index (Phi) is 4.68. The number of hydrogen-bond donors (Lipinski definition) is 2. The fourth-order valence-corrected chi connectivity index (χ4v) is 2.88. The van der Waals surface area contributed by atoms with Gasteiger partial charge in [-0.2, -0.15) is 0 Å². The fraction of sp³-hybridized carbons (Fsp3) is 0.500. The van der Waals surface area contributed by atoms with Crippen LogP contribution in [0.2, 0.25) is 0 Å². The summed E-state index contributed by atoms with van der Waals surface area (Å²) in [5.74, 6) is -0.0881. The van der Waals surface area contributed by atoms with Crippen molar-refractivity contribution in [2.24, 2.45) is 5.92 Å². The molecule has 1 unspecified atom stereocenters. The van der Waals surface area contributed by atoms with E-state index in [2.05, 4.69) is 4.72 Å². The lowest BCUT2D eigenvalue weighted by Crippen LogP contribution is -2.30. The molecule has 0 bridgehead atoms. The number of nitrogens with one attached hydrogen (secondary N) is 1. The van der Waals surface area contributed by atoms with Crippen molar-refractivity contribution in [3.8, 4) is 0 Å². The van der Waals surface area contributed by atoms with E-state index in [0.717, 1.165) is 11.1 Å². The van der Waals surface area contributed by atoms with Gasteiger partial charge in [0.1, 0.15) is 0 Å². The van der Waals surface area contributed by atoms with Gasteiger partial charge in [0, 0.05) is 13.2 Å². The van der Waals surface area contributed by atoms with E-state index in [1.807, 2.05) is 13.0 Å². The van der Waals surface area contributed by atoms with Gasteiger partial charge in [-0.05, 0) is 37.0 Å². The van der Waals surface area contributed by atoms with Crippen LogP contribution >= 0.6 is 0 Å². The minimum Gasteiger partial charge on any atom is -0.396 e. The minimum absolute atomic E-state index is 0.0324. The van der Waals surface area contributed by atoms with E-state index in [4.69, 9.17) is 5.11 Å². The summed E-state index contributed by atoms with van der Waals surface area (Å²) in [6, 6.07) is 5.32. The van der Waals surface area contributed by atoms with Gasteiger partial charge in [0.15, 0.2) is 0 Å². The van der Waals surface area contributed by atoms with Gasteiger partial charge >= 0.3 is 0 Å². The quantitative estimate of drug-likeness (QED) is 0.833. The van der Waals surface area contributed by atoms with Gasteiger partial charge < -0.3 is 5.11 Å². The Hall–Kier alpha value is -0.910. The van der Waals surface area contributed by atoms with Crippen molar-refractivity contribution in [1.82, 2.24) is 4.72 Å². The highest BCUT2D eigenvalue weighted by Crippen LogP contribution is 2.16. The highest BCUT2D eigenvalue weighted by molar-refractivity contribution is 7.89. The molecule has 0 aromatic heterocycles. The molecule has 1 rings (SSSR count). The first-order valence-electron chi connectivity index (χ1n) is 5.54. The Morgan fingerprint density at radius 2 is 2.00 bits per heavy atom. The van der Waals surface area contributed by atoms with Crippen LogP contribution in [0.4, 0.5) is 0 Å². The maximum absolute atomic E-state index is 12.0. The molecule has 5 heteroatoms. The number of rotatable bonds is 5. The second kappa shape index (κ2) is 5.62. The third kappa shape index (κ3) is 3.80. The molecule has 0 aliphatic rings. The number of benzene rings is 1. The molecule has 17 heavy (non-hydrogen) atoms. The summed E-state index contributed by atoms with van der Waals surface area (Å²) < 4.78 is 26.6. The van der Waals surface area contributed by atoms with Crippen LogP contribution in [-0.4, -0.2) is 26.7 Å². The summed E-state index contributed by atoms with van der Waals surface area (Å²) in [6.07, 6.45) is 0. The van der Waals surface area contributed by atoms with Crippen LogP contribution in [0.25, 0.3) is 0 Å². The molecule has 1 aromatic rings. The molecule has 4 nitrogen and oxygen atoms in total. The zero-order chi connectivity index (χ0) is 13.1. The average molecular weight is 257 g/mol. The summed E-state index contributed by atoms with van der Waals surface area (Å²) in [4.78, 5) is 0.308. The van der Waals surface area contributed by atoms with Crippen LogP contribution in [0, 0.1) is 19.8 Å². The molecule has 0 spiro atoms. The summed E-state index contributed by atoms with van der Waals surface area (Å²) in [5, 5.41) is 8.87. The van der Waals surface area contributed by atoms with Crippen molar-refractivity contribution >= 4 is 10.0 Å². The van der Waals surface area contributed by atoms with Gasteiger partial charge in [0.25, 0.3) is 0 Å². The molecular formula is C12H19NO3S. The Labute approximate surface area is 103 Å². The fourth-order valence-electron chi connectivity index (χ4n) is 1.39. The summed E-state index contributed by atoms with van der Waals surface area (Å²) in [6.45, 7) is 5.62. The van der Waals surface area contributed by atoms with Crippen LogP contribution < -0.4 is 4.72 Å². The Bertz CT molecular complexity index is 483. The topological polar surface area (TPSA) is 66.4 Å². The highest BCUT2D eigenvalue weighted by Gasteiger charge is 2.17. The van der Waals surface area contributed by atoms with Crippen LogP contribution in [0.3, 0.4) is 0 Å². The van der Waals surface area contributed by atoms with E-state index in [0.29, 0.717) is 4.90 Å². The zero-order valence-corrected chi connectivity index (χ0v) is 11.2. The van der Waals surface area contributed by atoms with Crippen LogP contribution in [0.5, 0.6) is 0 Å². The predicted molar refractivity (Wildman–Crippen MR) is 67.4 cm³/mol. The molecular weight excluding hydrogens is 238 g/mol. The SMILES string of the molecule is Cc1ccc(C)c(S(=O)(=O)NCC(C)CO)c1. The van der Waals surface area contributed by atoms with Crippen LogP contribution in [0.15, 0.2) is 23.1 Å². The molecule has 0 saturated carbocycles. The molecule has 0 heterocycles. The van der Waals surface area contributed by atoms with Crippen molar-refractivity contribution in [1.29, 1.82) is 0 Å². The largest absolute Gasteiger partial charge is 0.396 e. The van der Waals surface area contributed by atoms with Gasteiger partial charge in [0.05, 0.1) is 4.90 Å². The number of aliphatic hydroxyl groups is 1. The van der Waals surface area contributed by atoms with Crippen LogP contribution in [0.1, 0.15) is 18.1 Å². The first kappa shape index (κ1) is 14.2. The van der Waals surface area contributed by atoms with Crippen molar-refractivity contribution in [2.75, 3.05) is 13.2 Å². The molecule has 2 N–H and O–H groups in total.